The highest BCUT2D eigenvalue weighted by atomic mass is 16.6. The standard InChI is InChI=1S/C28H29N5O4/c1-2-24(34)15-18-6-8-20(9-7-18)26(28(35)31-17-19-4-3-5-23(14-19)33(36)37)32-22-10-11-25-21(16-22)12-13-30-27(25)29/h3-14,16,24,26,32,34H,2,15,17H2,1H3,(H2,29,30)(H,31,35). The number of nitrogen functional groups attached to an aromatic ring is 1. The van der Waals surface area contributed by atoms with Crippen LogP contribution in [0, 0.1) is 10.1 Å². The number of nitro groups is 1. The largest absolute Gasteiger partial charge is 0.393 e. The molecule has 0 saturated carbocycles. The summed E-state index contributed by atoms with van der Waals surface area (Å²) in [6, 6.07) is 20.4. The maximum atomic E-state index is 13.4. The van der Waals surface area contributed by atoms with Gasteiger partial charge >= 0.3 is 0 Å². The lowest BCUT2D eigenvalue weighted by molar-refractivity contribution is -0.384. The van der Waals surface area contributed by atoms with Gasteiger partial charge in [0.2, 0.25) is 5.91 Å². The van der Waals surface area contributed by atoms with Crippen molar-refractivity contribution in [3.63, 3.8) is 0 Å². The van der Waals surface area contributed by atoms with Crippen LogP contribution in [0.4, 0.5) is 17.2 Å². The summed E-state index contributed by atoms with van der Waals surface area (Å²) in [4.78, 5) is 28.1. The number of nitro benzene ring substituents is 1. The summed E-state index contributed by atoms with van der Waals surface area (Å²) in [6.07, 6.45) is 2.41. The van der Waals surface area contributed by atoms with Crippen LogP contribution in [-0.2, 0) is 17.8 Å². The number of aliphatic hydroxyl groups is 1. The van der Waals surface area contributed by atoms with Crippen molar-refractivity contribution in [1.82, 2.24) is 10.3 Å². The summed E-state index contributed by atoms with van der Waals surface area (Å²) in [5.74, 6) is 0.141. The molecule has 4 aromatic rings. The van der Waals surface area contributed by atoms with Crippen LogP contribution in [0.15, 0.2) is 79.0 Å². The number of carbonyl (C=O) groups is 1. The topological polar surface area (TPSA) is 143 Å². The Kier molecular flexibility index (Phi) is 7.95. The van der Waals surface area contributed by atoms with E-state index in [0.29, 0.717) is 24.2 Å². The second kappa shape index (κ2) is 11.5. The Hall–Kier alpha value is -4.50. The van der Waals surface area contributed by atoms with Crippen LogP contribution < -0.4 is 16.4 Å². The van der Waals surface area contributed by atoms with Crippen molar-refractivity contribution in [3.8, 4) is 0 Å². The molecule has 37 heavy (non-hydrogen) atoms. The molecule has 1 aromatic heterocycles. The zero-order valence-corrected chi connectivity index (χ0v) is 20.4. The van der Waals surface area contributed by atoms with Gasteiger partial charge in [0.15, 0.2) is 0 Å². The Morgan fingerprint density at radius 2 is 1.86 bits per heavy atom. The minimum absolute atomic E-state index is 0.0313. The van der Waals surface area contributed by atoms with Gasteiger partial charge in [-0.15, -0.1) is 0 Å². The number of aromatic nitrogens is 1. The van der Waals surface area contributed by atoms with E-state index in [0.717, 1.165) is 27.6 Å². The van der Waals surface area contributed by atoms with Crippen LogP contribution in [0.5, 0.6) is 0 Å². The molecule has 1 amide bonds. The number of anilines is 2. The van der Waals surface area contributed by atoms with Gasteiger partial charge in [-0.1, -0.05) is 43.3 Å². The highest BCUT2D eigenvalue weighted by Crippen LogP contribution is 2.26. The number of rotatable bonds is 10. The second-order valence-corrected chi connectivity index (χ2v) is 8.86. The molecule has 0 radical (unpaired) electrons. The first-order valence-electron chi connectivity index (χ1n) is 12.0. The van der Waals surface area contributed by atoms with Crippen molar-refractivity contribution < 1.29 is 14.8 Å². The molecule has 2 unspecified atom stereocenters. The minimum Gasteiger partial charge on any atom is -0.393 e. The number of benzene rings is 3. The van der Waals surface area contributed by atoms with Gasteiger partial charge in [0.05, 0.1) is 11.0 Å². The molecule has 4 rings (SSSR count). The van der Waals surface area contributed by atoms with E-state index in [9.17, 15) is 20.0 Å². The number of hydrogen-bond donors (Lipinski definition) is 4. The number of amides is 1. The molecule has 9 nitrogen and oxygen atoms in total. The fourth-order valence-electron chi connectivity index (χ4n) is 4.09. The Morgan fingerprint density at radius 3 is 2.59 bits per heavy atom. The van der Waals surface area contributed by atoms with Crippen LogP contribution in [-0.4, -0.2) is 27.0 Å². The van der Waals surface area contributed by atoms with E-state index in [1.54, 1.807) is 18.3 Å². The number of pyridine rings is 1. The van der Waals surface area contributed by atoms with Crippen molar-refractivity contribution >= 4 is 33.9 Å². The molecule has 0 fully saturated rings. The highest BCUT2D eigenvalue weighted by molar-refractivity contribution is 5.94. The first kappa shape index (κ1) is 25.6. The van der Waals surface area contributed by atoms with E-state index in [-0.39, 0.29) is 18.1 Å². The van der Waals surface area contributed by atoms with Gasteiger partial charge in [0.25, 0.3) is 5.69 Å². The summed E-state index contributed by atoms with van der Waals surface area (Å²) < 4.78 is 0. The van der Waals surface area contributed by atoms with E-state index in [4.69, 9.17) is 5.73 Å². The van der Waals surface area contributed by atoms with Crippen LogP contribution in [0.1, 0.15) is 36.1 Å². The summed E-state index contributed by atoms with van der Waals surface area (Å²) in [5.41, 5.74) is 9.00. The Morgan fingerprint density at radius 1 is 1.08 bits per heavy atom. The third kappa shape index (κ3) is 6.39. The van der Waals surface area contributed by atoms with Gasteiger partial charge in [-0.05, 0) is 59.2 Å². The number of nitrogens with one attached hydrogen (secondary N) is 2. The fraction of sp³-hybridized carbons (Fsp3) is 0.214. The van der Waals surface area contributed by atoms with Gasteiger partial charge in [-0.2, -0.15) is 0 Å². The van der Waals surface area contributed by atoms with Gasteiger partial charge in [0, 0.05) is 35.9 Å². The molecule has 5 N–H and O–H groups in total. The van der Waals surface area contributed by atoms with Crippen molar-refractivity contribution in [2.24, 2.45) is 0 Å². The molecule has 0 saturated heterocycles. The number of nitrogens with two attached hydrogens (primary N) is 1. The number of aliphatic hydroxyl groups excluding tert-OH is 1. The maximum absolute atomic E-state index is 13.4. The van der Waals surface area contributed by atoms with Gasteiger partial charge in [-0.25, -0.2) is 4.98 Å². The van der Waals surface area contributed by atoms with E-state index >= 15 is 0 Å². The number of non-ortho nitro benzene ring substituents is 1. The Bertz CT molecular complexity index is 1410. The average molecular weight is 500 g/mol. The molecule has 190 valence electrons. The third-order valence-corrected chi connectivity index (χ3v) is 6.21. The molecular formula is C28H29N5O4. The monoisotopic (exact) mass is 499 g/mol. The quantitative estimate of drug-likeness (QED) is 0.186. The van der Waals surface area contributed by atoms with Crippen molar-refractivity contribution in [2.75, 3.05) is 11.1 Å². The summed E-state index contributed by atoms with van der Waals surface area (Å²) >= 11 is 0. The Labute approximate surface area is 214 Å². The first-order valence-corrected chi connectivity index (χ1v) is 12.0. The molecule has 3 aromatic carbocycles. The molecule has 0 spiro atoms. The maximum Gasteiger partial charge on any atom is 0.269 e. The number of nitrogens with zero attached hydrogens (tertiary/aromatic N) is 2. The lowest BCUT2D eigenvalue weighted by Gasteiger charge is -2.21. The zero-order chi connectivity index (χ0) is 26.4. The predicted octanol–water partition coefficient (Wildman–Crippen LogP) is 4.51. The summed E-state index contributed by atoms with van der Waals surface area (Å²) in [5, 5.41) is 29.0. The lowest BCUT2D eigenvalue weighted by atomic mass is 10.00. The van der Waals surface area contributed by atoms with E-state index in [1.165, 1.54) is 12.1 Å². The van der Waals surface area contributed by atoms with E-state index < -0.39 is 17.1 Å². The van der Waals surface area contributed by atoms with Crippen molar-refractivity contribution in [2.45, 2.75) is 38.5 Å². The molecule has 0 aliphatic rings. The van der Waals surface area contributed by atoms with Gasteiger partial charge in [0.1, 0.15) is 11.9 Å². The first-order chi connectivity index (χ1) is 17.8. The van der Waals surface area contributed by atoms with Crippen LogP contribution in [0.25, 0.3) is 10.8 Å². The molecule has 1 heterocycles. The molecule has 2 atom stereocenters. The van der Waals surface area contributed by atoms with E-state index in [2.05, 4.69) is 15.6 Å². The Balaban J connectivity index is 1.58. The molecule has 9 heteroatoms. The highest BCUT2D eigenvalue weighted by Gasteiger charge is 2.21. The summed E-state index contributed by atoms with van der Waals surface area (Å²) in [6.45, 7) is 2.07. The third-order valence-electron chi connectivity index (χ3n) is 6.21. The smallest absolute Gasteiger partial charge is 0.269 e. The van der Waals surface area contributed by atoms with Crippen LogP contribution >= 0.6 is 0 Å². The minimum atomic E-state index is -0.736. The number of fused-ring (bicyclic) bond motifs is 1. The van der Waals surface area contributed by atoms with Crippen LogP contribution in [0.2, 0.25) is 0 Å². The predicted molar refractivity (Wildman–Crippen MR) is 144 cm³/mol. The fourth-order valence-corrected chi connectivity index (χ4v) is 4.09. The number of carbonyl (C=O) groups excluding carboxylic acids is 1. The molecule has 0 aliphatic carbocycles. The van der Waals surface area contributed by atoms with Gasteiger partial charge in [-0.3, -0.25) is 14.9 Å². The molecule has 0 bridgehead atoms. The van der Waals surface area contributed by atoms with Crippen molar-refractivity contribution in [3.05, 3.63) is 106 Å². The molecular weight excluding hydrogens is 470 g/mol. The van der Waals surface area contributed by atoms with E-state index in [1.807, 2.05) is 55.5 Å². The molecule has 0 aliphatic heterocycles. The zero-order valence-electron chi connectivity index (χ0n) is 20.4. The average Bonchev–Trinajstić information content (AvgIpc) is 2.91. The van der Waals surface area contributed by atoms with Gasteiger partial charge < -0.3 is 21.5 Å². The van der Waals surface area contributed by atoms with Crippen molar-refractivity contribution in [1.29, 1.82) is 0 Å². The number of hydrogen-bond acceptors (Lipinski definition) is 7. The normalized spacial score (nSPS) is 12.6. The van der Waals surface area contributed by atoms with Crippen LogP contribution in [0.3, 0.4) is 0 Å². The second-order valence-electron chi connectivity index (χ2n) is 8.86. The SMILES string of the molecule is CCC(O)Cc1ccc(C(Nc2ccc3c(N)nccc3c2)C(=O)NCc2cccc([N+](=O)[O-])c2)cc1. The lowest BCUT2D eigenvalue weighted by Crippen LogP contribution is -2.33. The summed E-state index contributed by atoms with van der Waals surface area (Å²) in [7, 11) is 0.